The highest BCUT2D eigenvalue weighted by Gasteiger charge is 2.35. The Morgan fingerprint density at radius 3 is 1.65 bits per heavy atom. The van der Waals surface area contributed by atoms with Gasteiger partial charge in [0.05, 0.1) is 0 Å². The average molecular weight is 303 g/mol. The lowest BCUT2D eigenvalue weighted by Crippen LogP contribution is -2.31. The van der Waals surface area contributed by atoms with Gasteiger partial charge in [0.25, 0.3) is 0 Å². The smallest absolute Gasteiger partial charge is 0.140 e. The molecule has 0 amide bonds. The lowest BCUT2D eigenvalue weighted by atomic mass is 9.77. The van der Waals surface area contributed by atoms with Crippen LogP contribution in [0.2, 0.25) is 0 Å². The van der Waals surface area contributed by atoms with E-state index in [4.69, 9.17) is 5.73 Å². The topological polar surface area (TPSA) is 46.2 Å². The Kier molecular flexibility index (Phi) is 4.28. The molecular formula is C21H21NO. The molecule has 0 fully saturated rings. The highest BCUT2D eigenvalue weighted by atomic mass is 16.3. The van der Waals surface area contributed by atoms with Crippen LogP contribution >= 0.6 is 0 Å². The summed E-state index contributed by atoms with van der Waals surface area (Å²) in [5.41, 5.74) is 8.37. The van der Waals surface area contributed by atoms with Gasteiger partial charge in [-0.05, 0) is 29.2 Å². The summed E-state index contributed by atoms with van der Waals surface area (Å²) < 4.78 is 0. The highest BCUT2D eigenvalue weighted by Crippen LogP contribution is 2.39. The third-order valence-corrected chi connectivity index (χ3v) is 4.22. The normalized spacial score (nSPS) is 12.8. The van der Waals surface area contributed by atoms with Gasteiger partial charge in [-0.3, -0.25) is 0 Å². The monoisotopic (exact) mass is 303 g/mol. The molecule has 3 aromatic carbocycles. The predicted molar refractivity (Wildman–Crippen MR) is 94.0 cm³/mol. The molecule has 0 radical (unpaired) electrons. The summed E-state index contributed by atoms with van der Waals surface area (Å²) in [6, 6.07) is 27.1. The standard InChI is InChI=1S/C21H21NO/c1-16(22)19-14-8-9-15-20(19)21(23,17-10-4-2-5-11-17)18-12-6-3-7-13-18/h2-16,23H,22H2,1H3/t16-/m0/s1. The first-order chi connectivity index (χ1) is 11.1. The van der Waals surface area contributed by atoms with Gasteiger partial charge in [0.15, 0.2) is 0 Å². The second-order valence-electron chi connectivity index (χ2n) is 5.82. The first-order valence-corrected chi connectivity index (χ1v) is 7.82. The molecule has 0 aliphatic rings. The van der Waals surface area contributed by atoms with Gasteiger partial charge in [-0.2, -0.15) is 0 Å². The molecular weight excluding hydrogens is 282 g/mol. The summed E-state index contributed by atoms with van der Waals surface area (Å²) in [5, 5.41) is 11.8. The van der Waals surface area contributed by atoms with Crippen LogP contribution in [0.15, 0.2) is 84.9 Å². The fraction of sp³-hybridized carbons (Fsp3) is 0.143. The number of aliphatic hydroxyl groups is 1. The quantitative estimate of drug-likeness (QED) is 0.716. The van der Waals surface area contributed by atoms with Crippen molar-refractivity contribution in [2.24, 2.45) is 5.73 Å². The Morgan fingerprint density at radius 2 is 1.17 bits per heavy atom. The van der Waals surface area contributed by atoms with Crippen molar-refractivity contribution in [3.05, 3.63) is 107 Å². The van der Waals surface area contributed by atoms with Crippen molar-refractivity contribution in [3.63, 3.8) is 0 Å². The summed E-state index contributed by atoms with van der Waals surface area (Å²) in [6.45, 7) is 1.94. The Morgan fingerprint density at radius 1 is 0.739 bits per heavy atom. The third kappa shape index (κ3) is 2.79. The van der Waals surface area contributed by atoms with Crippen molar-refractivity contribution in [2.75, 3.05) is 0 Å². The Balaban J connectivity index is 2.30. The van der Waals surface area contributed by atoms with Crippen molar-refractivity contribution < 1.29 is 5.11 Å². The zero-order valence-electron chi connectivity index (χ0n) is 13.2. The predicted octanol–water partition coefficient (Wildman–Crippen LogP) is 3.99. The van der Waals surface area contributed by atoms with E-state index in [0.717, 1.165) is 22.3 Å². The van der Waals surface area contributed by atoms with E-state index in [1.165, 1.54) is 0 Å². The Labute approximate surface area is 137 Å². The highest BCUT2D eigenvalue weighted by molar-refractivity contribution is 5.50. The molecule has 3 rings (SSSR count). The molecule has 0 heterocycles. The van der Waals surface area contributed by atoms with E-state index >= 15 is 0 Å². The van der Waals surface area contributed by atoms with Gasteiger partial charge >= 0.3 is 0 Å². The fourth-order valence-corrected chi connectivity index (χ4v) is 3.06. The van der Waals surface area contributed by atoms with Crippen LogP contribution in [0.3, 0.4) is 0 Å². The molecule has 0 saturated carbocycles. The van der Waals surface area contributed by atoms with E-state index in [-0.39, 0.29) is 6.04 Å². The molecule has 0 saturated heterocycles. The zero-order valence-corrected chi connectivity index (χ0v) is 13.2. The molecule has 23 heavy (non-hydrogen) atoms. The maximum Gasteiger partial charge on any atom is 0.140 e. The molecule has 0 aliphatic carbocycles. The number of hydrogen-bond donors (Lipinski definition) is 2. The van der Waals surface area contributed by atoms with Crippen LogP contribution in [0.5, 0.6) is 0 Å². The maximum atomic E-state index is 11.8. The first-order valence-electron chi connectivity index (χ1n) is 7.82. The molecule has 0 bridgehead atoms. The molecule has 1 atom stereocenters. The lowest BCUT2D eigenvalue weighted by Gasteiger charge is -2.32. The van der Waals surface area contributed by atoms with E-state index < -0.39 is 5.60 Å². The Bertz CT molecular complexity index is 727. The average Bonchev–Trinajstić information content (AvgIpc) is 2.62. The SMILES string of the molecule is C[C@H](N)c1ccccc1C(O)(c1ccccc1)c1ccccc1. The van der Waals surface area contributed by atoms with Crippen LogP contribution in [-0.2, 0) is 5.60 Å². The van der Waals surface area contributed by atoms with E-state index in [1.54, 1.807) is 0 Å². The van der Waals surface area contributed by atoms with Gasteiger partial charge < -0.3 is 10.8 Å². The maximum absolute atomic E-state index is 11.8. The van der Waals surface area contributed by atoms with Crippen LogP contribution in [0.25, 0.3) is 0 Å². The summed E-state index contributed by atoms with van der Waals surface area (Å²) >= 11 is 0. The van der Waals surface area contributed by atoms with Gasteiger partial charge in [0, 0.05) is 6.04 Å². The van der Waals surface area contributed by atoms with Crippen LogP contribution in [0, 0.1) is 0 Å². The summed E-state index contributed by atoms with van der Waals surface area (Å²) in [5.74, 6) is 0. The van der Waals surface area contributed by atoms with Gasteiger partial charge in [-0.1, -0.05) is 84.9 Å². The first kappa shape index (κ1) is 15.5. The van der Waals surface area contributed by atoms with Crippen LogP contribution in [0.1, 0.15) is 35.2 Å². The van der Waals surface area contributed by atoms with E-state index in [2.05, 4.69) is 0 Å². The van der Waals surface area contributed by atoms with Crippen LogP contribution in [0.4, 0.5) is 0 Å². The van der Waals surface area contributed by atoms with Crippen molar-refractivity contribution in [1.82, 2.24) is 0 Å². The van der Waals surface area contributed by atoms with Crippen LogP contribution < -0.4 is 5.73 Å². The van der Waals surface area contributed by atoms with Crippen molar-refractivity contribution in [1.29, 1.82) is 0 Å². The van der Waals surface area contributed by atoms with Gasteiger partial charge in [0.1, 0.15) is 5.60 Å². The van der Waals surface area contributed by atoms with Gasteiger partial charge in [0.2, 0.25) is 0 Å². The molecule has 0 aromatic heterocycles. The minimum atomic E-state index is -1.23. The molecule has 3 N–H and O–H groups in total. The van der Waals surface area contributed by atoms with Crippen LogP contribution in [-0.4, -0.2) is 5.11 Å². The zero-order chi connectivity index (χ0) is 16.3. The number of hydrogen-bond acceptors (Lipinski definition) is 2. The Hall–Kier alpha value is -2.42. The van der Waals surface area contributed by atoms with Crippen molar-refractivity contribution in [2.45, 2.75) is 18.6 Å². The second-order valence-corrected chi connectivity index (χ2v) is 5.82. The molecule has 116 valence electrons. The number of rotatable bonds is 4. The molecule has 0 aliphatic heterocycles. The minimum Gasteiger partial charge on any atom is -0.376 e. The van der Waals surface area contributed by atoms with Gasteiger partial charge in [-0.25, -0.2) is 0 Å². The second kappa shape index (κ2) is 6.37. The molecule has 3 aromatic rings. The van der Waals surface area contributed by atoms with E-state index in [0.29, 0.717) is 0 Å². The molecule has 2 heteroatoms. The summed E-state index contributed by atoms with van der Waals surface area (Å²) in [6.07, 6.45) is 0. The third-order valence-electron chi connectivity index (χ3n) is 4.22. The lowest BCUT2D eigenvalue weighted by molar-refractivity contribution is 0.124. The molecule has 0 spiro atoms. The van der Waals surface area contributed by atoms with Crippen molar-refractivity contribution >= 4 is 0 Å². The van der Waals surface area contributed by atoms with E-state index in [9.17, 15) is 5.11 Å². The number of nitrogens with two attached hydrogens (primary N) is 1. The molecule has 0 unspecified atom stereocenters. The summed E-state index contributed by atoms with van der Waals surface area (Å²) in [7, 11) is 0. The summed E-state index contributed by atoms with van der Waals surface area (Å²) in [4.78, 5) is 0. The minimum absolute atomic E-state index is 0.162. The van der Waals surface area contributed by atoms with E-state index in [1.807, 2.05) is 91.9 Å². The van der Waals surface area contributed by atoms with Crippen molar-refractivity contribution in [3.8, 4) is 0 Å². The largest absolute Gasteiger partial charge is 0.376 e. The number of benzene rings is 3. The van der Waals surface area contributed by atoms with Gasteiger partial charge in [-0.15, -0.1) is 0 Å². The molecule has 2 nitrogen and oxygen atoms in total. The fourth-order valence-electron chi connectivity index (χ4n) is 3.06.